The van der Waals surface area contributed by atoms with Crippen LogP contribution < -0.4 is 10.2 Å². The van der Waals surface area contributed by atoms with Crippen LogP contribution in [0.5, 0.6) is 0 Å². The highest BCUT2D eigenvalue weighted by atomic mass is 32.2. The number of amides is 2. The minimum absolute atomic E-state index is 0.108. The lowest BCUT2D eigenvalue weighted by molar-refractivity contribution is -0.117. The molecule has 1 aliphatic rings. The van der Waals surface area contributed by atoms with Crippen LogP contribution in [0.3, 0.4) is 0 Å². The second kappa shape index (κ2) is 8.93. The number of rotatable bonds is 7. The van der Waals surface area contributed by atoms with E-state index in [1.54, 1.807) is 19.9 Å². The minimum Gasteiger partial charge on any atom is -0.347 e. The third-order valence-corrected chi connectivity index (χ3v) is 7.10. The summed E-state index contributed by atoms with van der Waals surface area (Å²) in [5, 5.41) is 2.79. The Morgan fingerprint density at radius 1 is 1.17 bits per heavy atom. The molecule has 1 atom stereocenters. The van der Waals surface area contributed by atoms with Gasteiger partial charge in [0.1, 0.15) is 5.82 Å². The fourth-order valence-electron chi connectivity index (χ4n) is 3.46. The minimum atomic E-state index is -3.60. The van der Waals surface area contributed by atoms with Crippen LogP contribution in [0.15, 0.2) is 53.4 Å². The molecule has 0 bridgehead atoms. The maximum atomic E-state index is 13.4. The summed E-state index contributed by atoms with van der Waals surface area (Å²) in [6.07, 6.45) is 0.108. The molecule has 0 aromatic heterocycles. The smallest absolute Gasteiger partial charge is 0.251 e. The van der Waals surface area contributed by atoms with Crippen molar-refractivity contribution in [2.45, 2.75) is 31.2 Å². The summed E-state index contributed by atoms with van der Waals surface area (Å²) in [6, 6.07) is 11.0. The molecule has 0 radical (unpaired) electrons. The SMILES string of the molecule is CCN(CC)S(=O)(=O)c1ccc(C(=O)N[C@@H]2CC(=O)N(c3cccc(F)c3)C2)cc1. The third kappa shape index (κ3) is 4.52. The summed E-state index contributed by atoms with van der Waals surface area (Å²) < 4.78 is 39.9. The zero-order chi connectivity index (χ0) is 21.9. The summed E-state index contributed by atoms with van der Waals surface area (Å²) in [5.74, 6) is -1.04. The molecule has 3 rings (SSSR count). The van der Waals surface area contributed by atoms with E-state index in [4.69, 9.17) is 0 Å². The molecule has 1 N–H and O–H groups in total. The van der Waals surface area contributed by atoms with Gasteiger partial charge in [0, 0.05) is 37.3 Å². The van der Waals surface area contributed by atoms with E-state index < -0.39 is 27.8 Å². The largest absolute Gasteiger partial charge is 0.347 e. The maximum absolute atomic E-state index is 13.4. The van der Waals surface area contributed by atoms with Gasteiger partial charge in [-0.05, 0) is 42.5 Å². The first kappa shape index (κ1) is 21.9. The number of sulfonamides is 1. The van der Waals surface area contributed by atoms with E-state index in [1.165, 1.54) is 51.7 Å². The van der Waals surface area contributed by atoms with Gasteiger partial charge in [-0.1, -0.05) is 19.9 Å². The molecule has 1 saturated heterocycles. The first-order valence-corrected chi connectivity index (χ1v) is 11.2. The van der Waals surface area contributed by atoms with Crippen molar-refractivity contribution in [1.29, 1.82) is 0 Å². The van der Waals surface area contributed by atoms with Crippen molar-refractivity contribution in [3.63, 3.8) is 0 Å². The molecule has 2 amide bonds. The first-order valence-electron chi connectivity index (χ1n) is 9.73. The highest BCUT2D eigenvalue weighted by Crippen LogP contribution is 2.23. The van der Waals surface area contributed by atoms with Crippen LogP contribution in [-0.4, -0.2) is 50.2 Å². The van der Waals surface area contributed by atoms with Crippen molar-refractivity contribution < 1.29 is 22.4 Å². The molecule has 2 aromatic carbocycles. The Morgan fingerprint density at radius 3 is 2.43 bits per heavy atom. The number of hydrogen-bond acceptors (Lipinski definition) is 4. The number of carbonyl (C=O) groups is 2. The van der Waals surface area contributed by atoms with Crippen molar-refractivity contribution in [2.75, 3.05) is 24.5 Å². The van der Waals surface area contributed by atoms with Gasteiger partial charge < -0.3 is 10.2 Å². The van der Waals surface area contributed by atoms with Crippen LogP contribution in [-0.2, 0) is 14.8 Å². The molecule has 7 nitrogen and oxygen atoms in total. The number of nitrogens with one attached hydrogen (secondary N) is 1. The average Bonchev–Trinajstić information content (AvgIpc) is 3.08. The molecule has 0 aliphatic carbocycles. The topological polar surface area (TPSA) is 86.8 Å². The third-order valence-electron chi connectivity index (χ3n) is 5.04. The molecule has 9 heteroatoms. The predicted octanol–water partition coefficient (Wildman–Crippen LogP) is 2.39. The molecule has 160 valence electrons. The Hall–Kier alpha value is -2.78. The number of carbonyl (C=O) groups excluding carboxylic acids is 2. The van der Waals surface area contributed by atoms with E-state index in [9.17, 15) is 22.4 Å². The molecule has 30 heavy (non-hydrogen) atoms. The predicted molar refractivity (Wildman–Crippen MR) is 111 cm³/mol. The summed E-state index contributed by atoms with van der Waals surface area (Å²) in [4.78, 5) is 26.4. The monoisotopic (exact) mass is 433 g/mol. The fraction of sp³-hybridized carbons (Fsp3) is 0.333. The quantitative estimate of drug-likeness (QED) is 0.726. The van der Waals surface area contributed by atoms with E-state index in [0.29, 0.717) is 24.3 Å². The zero-order valence-corrected chi connectivity index (χ0v) is 17.7. The summed E-state index contributed by atoms with van der Waals surface area (Å²) in [7, 11) is -3.60. The van der Waals surface area contributed by atoms with Crippen molar-refractivity contribution in [3.05, 3.63) is 59.9 Å². The molecular weight excluding hydrogens is 409 g/mol. The lowest BCUT2D eigenvalue weighted by Gasteiger charge is -2.19. The van der Waals surface area contributed by atoms with Gasteiger partial charge in [-0.2, -0.15) is 4.31 Å². The molecular formula is C21H24FN3O4S. The zero-order valence-electron chi connectivity index (χ0n) is 16.8. The molecule has 0 spiro atoms. The van der Waals surface area contributed by atoms with Crippen molar-refractivity contribution in [3.8, 4) is 0 Å². The Kier molecular flexibility index (Phi) is 6.52. The van der Waals surface area contributed by atoms with Gasteiger partial charge in [0.15, 0.2) is 0 Å². The van der Waals surface area contributed by atoms with Crippen molar-refractivity contribution in [1.82, 2.24) is 9.62 Å². The lowest BCUT2D eigenvalue weighted by atomic mass is 10.2. The van der Waals surface area contributed by atoms with Crippen LogP contribution in [0.25, 0.3) is 0 Å². The number of halogens is 1. The summed E-state index contributed by atoms with van der Waals surface area (Å²) >= 11 is 0. The van der Waals surface area contributed by atoms with Crippen molar-refractivity contribution in [2.24, 2.45) is 0 Å². The van der Waals surface area contributed by atoms with E-state index in [-0.39, 0.29) is 23.8 Å². The van der Waals surface area contributed by atoms with Crippen LogP contribution >= 0.6 is 0 Å². The first-order chi connectivity index (χ1) is 14.3. The number of benzene rings is 2. The van der Waals surface area contributed by atoms with Gasteiger partial charge in [-0.3, -0.25) is 9.59 Å². The van der Waals surface area contributed by atoms with Crippen LogP contribution in [0.4, 0.5) is 10.1 Å². The van der Waals surface area contributed by atoms with Gasteiger partial charge >= 0.3 is 0 Å². The van der Waals surface area contributed by atoms with Gasteiger partial charge in [-0.15, -0.1) is 0 Å². The lowest BCUT2D eigenvalue weighted by Crippen LogP contribution is -2.37. The normalized spacial score (nSPS) is 16.9. The Labute approximate surface area is 175 Å². The van der Waals surface area contributed by atoms with E-state index in [2.05, 4.69) is 5.32 Å². The van der Waals surface area contributed by atoms with E-state index in [1.807, 2.05) is 0 Å². The van der Waals surface area contributed by atoms with Crippen LogP contribution in [0.1, 0.15) is 30.6 Å². The molecule has 0 unspecified atom stereocenters. The molecule has 2 aromatic rings. The average molecular weight is 434 g/mol. The van der Waals surface area contributed by atoms with E-state index >= 15 is 0 Å². The van der Waals surface area contributed by atoms with Gasteiger partial charge in [0.2, 0.25) is 15.9 Å². The van der Waals surface area contributed by atoms with Crippen LogP contribution in [0.2, 0.25) is 0 Å². The van der Waals surface area contributed by atoms with Crippen molar-refractivity contribution >= 4 is 27.5 Å². The Balaban J connectivity index is 1.67. The summed E-state index contributed by atoms with van der Waals surface area (Å²) in [5.41, 5.74) is 0.743. The molecule has 0 saturated carbocycles. The Morgan fingerprint density at radius 2 is 1.83 bits per heavy atom. The molecule has 1 fully saturated rings. The van der Waals surface area contributed by atoms with Gasteiger partial charge in [0.25, 0.3) is 5.91 Å². The highest BCUT2D eigenvalue weighted by Gasteiger charge is 2.32. The standard InChI is InChI=1S/C21H24FN3O4S/c1-3-24(4-2)30(28,29)19-10-8-15(9-11-19)21(27)23-17-13-20(26)25(14-17)18-7-5-6-16(22)12-18/h5-12,17H,3-4,13-14H2,1-2H3,(H,23,27)/t17-/m1/s1. The number of nitrogens with zero attached hydrogens (tertiary/aromatic N) is 2. The number of anilines is 1. The Bertz CT molecular complexity index is 1040. The summed E-state index contributed by atoms with van der Waals surface area (Å²) in [6.45, 7) is 4.48. The van der Waals surface area contributed by atoms with E-state index in [0.717, 1.165) is 0 Å². The molecule has 1 heterocycles. The second-order valence-corrected chi connectivity index (χ2v) is 8.91. The number of hydrogen-bond donors (Lipinski definition) is 1. The second-order valence-electron chi connectivity index (χ2n) is 6.97. The highest BCUT2D eigenvalue weighted by molar-refractivity contribution is 7.89. The van der Waals surface area contributed by atoms with Crippen LogP contribution in [0, 0.1) is 5.82 Å². The molecule has 1 aliphatic heterocycles. The maximum Gasteiger partial charge on any atom is 0.251 e. The van der Waals surface area contributed by atoms with Gasteiger partial charge in [-0.25, -0.2) is 12.8 Å². The van der Waals surface area contributed by atoms with Gasteiger partial charge in [0.05, 0.1) is 10.9 Å². The fourth-order valence-corrected chi connectivity index (χ4v) is 4.92.